The first-order valence-electron chi connectivity index (χ1n) is 8.67. The predicted octanol–water partition coefficient (Wildman–Crippen LogP) is 6.64. The molecule has 4 nitrogen and oxygen atoms in total. The fourth-order valence-corrected chi connectivity index (χ4v) is 5.24. The molecular formula is C21F9N3OS. The number of halogens is 9. The van der Waals surface area contributed by atoms with Crippen LogP contribution in [0.1, 0.15) is 0 Å². The minimum Gasteiger partial charge on any atom is -0.249 e. The highest BCUT2D eigenvalue weighted by Crippen LogP contribution is 2.61. The van der Waals surface area contributed by atoms with E-state index in [4.69, 9.17) is 17.1 Å². The third kappa shape index (κ3) is 2.82. The zero-order valence-corrected chi connectivity index (χ0v) is 16.9. The van der Waals surface area contributed by atoms with Crippen molar-refractivity contribution >= 4 is 10.8 Å². The molecule has 0 N–H and O–H groups in total. The summed E-state index contributed by atoms with van der Waals surface area (Å²) >= 11 is 0. The molecule has 1 saturated heterocycles. The highest BCUT2D eigenvalue weighted by atomic mass is 32.2. The fraction of sp³-hybridized carbons (Fsp3) is 0. The van der Waals surface area contributed by atoms with E-state index in [0.717, 1.165) is 12.1 Å². The first kappa shape index (κ1) is 23.8. The van der Waals surface area contributed by atoms with Gasteiger partial charge in [0.15, 0.2) is 5.83 Å². The Balaban J connectivity index is 2.34. The average molecular weight is 513 g/mol. The molecule has 14 heteroatoms. The standard InChI is InChI=1S/C21F9N3OS/c1-33-21(30)12-16(27)11-9-8(13(24)6(14(9)25)4(22)2-31)10-15(26)7(5(23)3-32)17(28)19(10)35(34)20(11)18(12)29/b6-4-,7-5+,21-12+. The number of allylic oxidation sites excluding steroid dienone is 15. The van der Waals surface area contributed by atoms with E-state index in [1.165, 1.54) is 0 Å². The molecule has 0 spiro atoms. The third-order valence-electron chi connectivity index (χ3n) is 5.11. The number of hydrogen-bond donors (Lipinski definition) is 0. The zero-order chi connectivity index (χ0) is 26.1. The maximum atomic E-state index is 15.2. The van der Waals surface area contributed by atoms with Gasteiger partial charge in [-0.1, -0.05) is 0 Å². The van der Waals surface area contributed by atoms with E-state index < -0.39 is 112 Å². The molecule has 0 radical (unpaired) electrons. The molecule has 1 atom stereocenters. The third-order valence-corrected chi connectivity index (χ3v) is 6.62. The number of rotatable bonds is 0. The van der Waals surface area contributed by atoms with Gasteiger partial charge in [0.25, 0.3) is 0 Å². The Labute approximate surface area is 190 Å². The van der Waals surface area contributed by atoms with Crippen molar-refractivity contribution in [3.63, 3.8) is 0 Å². The topological polar surface area (TPSA) is 69.0 Å². The summed E-state index contributed by atoms with van der Waals surface area (Å²) in [5, 5.41) is 17.4. The Hall–Kier alpha value is -4.35. The molecule has 0 amide bonds. The summed E-state index contributed by atoms with van der Waals surface area (Å²) in [5.41, 5.74) is -11.8. The van der Waals surface area contributed by atoms with Gasteiger partial charge in [0.05, 0.1) is 43.9 Å². The molecule has 1 aliphatic heterocycles. The van der Waals surface area contributed by atoms with Crippen molar-refractivity contribution in [2.24, 2.45) is 0 Å². The first-order chi connectivity index (χ1) is 16.5. The number of hydrogen-bond acceptors (Lipinski definition) is 3. The van der Waals surface area contributed by atoms with Crippen molar-refractivity contribution in [3.05, 3.63) is 113 Å². The van der Waals surface area contributed by atoms with Gasteiger partial charge >= 0.3 is 5.95 Å². The van der Waals surface area contributed by atoms with Crippen LogP contribution < -0.4 is 0 Å². The van der Waals surface area contributed by atoms with Gasteiger partial charge in [-0.15, -0.1) is 0 Å². The Bertz CT molecular complexity index is 1550. The summed E-state index contributed by atoms with van der Waals surface area (Å²) in [5.74, 6) is -19.5. The van der Waals surface area contributed by atoms with E-state index >= 15 is 26.3 Å². The van der Waals surface area contributed by atoms with E-state index in [1.54, 1.807) is 0 Å². The van der Waals surface area contributed by atoms with Gasteiger partial charge < -0.3 is 0 Å². The van der Waals surface area contributed by atoms with Crippen molar-refractivity contribution in [2.45, 2.75) is 0 Å². The molecule has 0 aromatic heterocycles. The van der Waals surface area contributed by atoms with E-state index in [0.29, 0.717) is 0 Å². The van der Waals surface area contributed by atoms with Crippen LogP contribution >= 0.6 is 0 Å². The van der Waals surface area contributed by atoms with E-state index in [2.05, 4.69) is 4.85 Å². The SMILES string of the molecule is [C-]#[N+]/C(F)=C1\C(F)=C2C3=C(F)/C(=C(\F)C#N)C(F)=C3C3=C(F)/C(=C(\F)C#N)C(F)=C3S(=O)C2=C1F. The van der Waals surface area contributed by atoms with Crippen LogP contribution in [0.4, 0.5) is 39.5 Å². The predicted molar refractivity (Wildman–Crippen MR) is 99.2 cm³/mol. The summed E-state index contributed by atoms with van der Waals surface area (Å²) < 4.78 is 146. The van der Waals surface area contributed by atoms with E-state index in [9.17, 15) is 17.4 Å². The van der Waals surface area contributed by atoms with Gasteiger partial charge in [0.1, 0.15) is 41.3 Å². The van der Waals surface area contributed by atoms with Gasteiger partial charge in [-0.05, 0) is 0 Å². The second kappa shape index (κ2) is 7.86. The minimum absolute atomic E-state index is 0.725. The Morgan fingerprint density at radius 2 is 1.00 bits per heavy atom. The van der Waals surface area contributed by atoms with Gasteiger partial charge in [-0.3, -0.25) is 0 Å². The van der Waals surface area contributed by atoms with E-state index in [-0.39, 0.29) is 0 Å². The van der Waals surface area contributed by atoms with Gasteiger partial charge in [-0.25, -0.2) is 39.8 Å². The second-order valence-corrected chi connectivity index (χ2v) is 8.04. The summed E-state index contributed by atoms with van der Waals surface area (Å²) in [4.78, 5) is -1.05. The Kier molecular flexibility index (Phi) is 5.34. The van der Waals surface area contributed by atoms with Crippen molar-refractivity contribution in [2.75, 3.05) is 0 Å². The number of nitriles is 2. The highest BCUT2D eigenvalue weighted by Gasteiger charge is 2.53. The molecule has 0 aromatic rings. The van der Waals surface area contributed by atoms with Crippen molar-refractivity contribution < 1.29 is 43.7 Å². The maximum absolute atomic E-state index is 15.2. The molecule has 4 aliphatic rings. The van der Waals surface area contributed by atoms with Crippen LogP contribution in [-0.4, -0.2) is 4.21 Å². The molecule has 4 rings (SSSR count). The average Bonchev–Trinajstić information content (AvgIpc) is 3.29. The van der Waals surface area contributed by atoms with Crippen LogP contribution in [0.3, 0.4) is 0 Å². The minimum atomic E-state index is -3.49. The number of fused-ring (bicyclic) bond motifs is 5. The van der Waals surface area contributed by atoms with Crippen molar-refractivity contribution in [3.8, 4) is 12.1 Å². The molecule has 1 fully saturated rings. The van der Waals surface area contributed by atoms with Crippen molar-refractivity contribution in [1.29, 1.82) is 10.5 Å². The smallest absolute Gasteiger partial charge is 0.249 e. The van der Waals surface area contributed by atoms with Gasteiger partial charge in [-0.2, -0.15) is 19.3 Å². The summed E-state index contributed by atoms with van der Waals surface area (Å²) in [6, 6.07) is 1.45. The van der Waals surface area contributed by atoms with Crippen molar-refractivity contribution in [1.82, 2.24) is 0 Å². The first-order valence-corrected chi connectivity index (χ1v) is 9.82. The van der Waals surface area contributed by atoms with Crippen LogP contribution in [0.25, 0.3) is 4.85 Å². The summed E-state index contributed by atoms with van der Waals surface area (Å²) in [6.07, 6.45) is 0. The normalized spacial score (nSPS) is 25.9. The van der Waals surface area contributed by atoms with Gasteiger partial charge in [0.2, 0.25) is 11.7 Å². The van der Waals surface area contributed by atoms with E-state index in [1.807, 2.05) is 0 Å². The molecule has 0 bridgehead atoms. The van der Waals surface area contributed by atoms with Crippen LogP contribution in [0.2, 0.25) is 0 Å². The van der Waals surface area contributed by atoms with Crippen LogP contribution in [0.15, 0.2) is 101 Å². The molecule has 0 saturated carbocycles. The number of nitrogens with zero attached hydrogens (tertiary/aromatic N) is 3. The van der Waals surface area contributed by atoms with Gasteiger partial charge in [0, 0.05) is 22.3 Å². The fourth-order valence-electron chi connectivity index (χ4n) is 3.75. The lowest BCUT2D eigenvalue weighted by molar-refractivity contribution is 0.576. The van der Waals surface area contributed by atoms with Crippen LogP contribution in [0, 0.1) is 29.2 Å². The second-order valence-electron chi connectivity index (χ2n) is 6.69. The lowest BCUT2D eigenvalue weighted by Crippen LogP contribution is -2.01. The molecular weight excluding hydrogens is 513 g/mol. The Morgan fingerprint density at radius 3 is 1.40 bits per heavy atom. The lowest BCUT2D eigenvalue weighted by atomic mass is 9.94. The molecule has 1 unspecified atom stereocenters. The van der Waals surface area contributed by atoms with Crippen LogP contribution in [-0.2, 0) is 10.8 Å². The summed E-state index contributed by atoms with van der Waals surface area (Å²) in [6.45, 7) is 6.60. The maximum Gasteiger partial charge on any atom is 0.344 e. The zero-order valence-electron chi connectivity index (χ0n) is 16.1. The highest BCUT2D eigenvalue weighted by molar-refractivity contribution is 7.93. The summed E-state index contributed by atoms with van der Waals surface area (Å²) in [7, 11) is -3.49. The monoisotopic (exact) mass is 513 g/mol. The Morgan fingerprint density at radius 1 is 0.657 bits per heavy atom. The molecule has 1 heterocycles. The lowest BCUT2D eigenvalue weighted by Gasteiger charge is -2.08. The molecule has 3 aliphatic carbocycles. The largest absolute Gasteiger partial charge is 0.344 e. The quantitative estimate of drug-likeness (QED) is 0.158. The molecule has 174 valence electrons. The molecule has 35 heavy (non-hydrogen) atoms. The van der Waals surface area contributed by atoms with Crippen LogP contribution in [0.5, 0.6) is 0 Å². The molecule has 0 aromatic carbocycles.